The van der Waals surface area contributed by atoms with Gasteiger partial charge in [0.2, 0.25) is 0 Å². The van der Waals surface area contributed by atoms with Gasteiger partial charge < -0.3 is 0 Å². The lowest BCUT2D eigenvalue weighted by molar-refractivity contribution is -0.121. The number of nitrogens with zero attached hydrogens (tertiary/aromatic N) is 1. The number of hydrogen-bond acceptors (Lipinski definition) is 3. The third-order valence-corrected chi connectivity index (χ3v) is 2.85. The van der Waals surface area contributed by atoms with E-state index in [-0.39, 0.29) is 5.91 Å². The zero-order valence-electron chi connectivity index (χ0n) is 5.75. The van der Waals surface area contributed by atoms with E-state index in [0.29, 0.717) is 4.32 Å². The second kappa shape index (κ2) is 2.72. The fourth-order valence-electron chi connectivity index (χ4n) is 0.637. The summed E-state index contributed by atoms with van der Waals surface area (Å²) in [7, 11) is 1.69. The Balaban J connectivity index is 2.92. The first kappa shape index (κ1) is 7.75. The molecule has 0 atom stereocenters. The van der Waals surface area contributed by atoms with Crippen LogP contribution in [0.5, 0.6) is 0 Å². The predicted molar refractivity (Wildman–Crippen MR) is 46.7 cm³/mol. The van der Waals surface area contributed by atoms with Gasteiger partial charge in [-0.05, 0) is 6.92 Å². The van der Waals surface area contributed by atoms with Gasteiger partial charge in [0.15, 0.2) is 0 Å². The van der Waals surface area contributed by atoms with Crippen LogP contribution in [0.15, 0.2) is 11.0 Å². The van der Waals surface area contributed by atoms with Crippen molar-refractivity contribution in [2.45, 2.75) is 6.92 Å². The fraction of sp³-hybridized carbons (Fsp3) is 0.333. The smallest absolute Gasteiger partial charge is 0.265 e. The van der Waals surface area contributed by atoms with Gasteiger partial charge in [-0.1, -0.05) is 30.1 Å². The second-order valence-electron chi connectivity index (χ2n) is 1.89. The van der Waals surface area contributed by atoms with Crippen LogP contribution in [0.2, 0.25) is 0 Å². The Hall–Kier alpha value is -0.350. The zero-order chi connectivity index (χ0) is 7.72. The molecule has 0 unspecified atom stereocenters. The topological polar surface area (TPSA) is 20.3 Å². The maximum Gasteiger partial charge on any atom is 0.265 e. The van der Waals surface area contributed by atoms with Gasteiger partial charge in [-0.3, -0.25) is 9.69 Å². The maximum absolute atomic E-state index is 11.1. The van der Waals surface area contributed by atoms with E-state index in [2.05, 4.69) is 0 Å². The molecule has 0 saturated carbocycles. The summed E-state index contributed by atoms with van der Waals surface area (Å²) in [5.74, 6) is 0.0116. The summed E-state index contributed by atoms with van der Waals surface area (Å²) in [5.41, 5.74) is 0. The molecule has 0 radical (unpaired) electrons. The van der Waals surface area contributed by atoms with Crippen molar-refractivity contribution in [2.75, 3.05) is 7.05 Å². The first-order valence-electron chi connectivity index (χ1n) is 2.83. The van der Waals surface area contributed by atoms with Crippen LogP contribution in [0.4, 0.5) is 0 Å². The summed E-state index contributed by atoms with van der Waals surface area (Å²) in [6.07, 6.45) is 1.78. The molecular weight excluding hydrogens is 166 g/mol. The molecule has 0 bridgehead atoms. The predicted octanol–water partition coefficient (Wildman–Crippen LogP) is 1.38. The number of amides is 1. The summed E-state index contributed by atoms with van der Waals surface area (Å²) in [6, 6.07) is 0. The van der Waals surface area contributed by atoms with E-state index in [1.165, 1.54) is 16.7 Å². The summed E-state index contributed by atoms with van der Waals surface area (Å²) in [6.45, 7) is 1.84. The highest BCUT2D eigenvalue weighted by Crippen LogP contribution is 2.28. The summed E-state index contributed by atoms with van der Waals surface area (Å²) in [5, 5.41) is 0. The fourth-order valence-corrected chi connectivity index (χ4v) is 1.74. The molecule has 1 fully saturated rings. The Morgan fingerprint density at radius 3 is 2.50 bits per heavy atom. The van der Waals surface area contributed by atoms with Crippen LogP contribution in [0.3, 0.4) is 0 Å². The van der Waals surface area contributed by atoms with Crippen molar-refractivity contribution in [1.29, 1.82) is 0 Å². The Bertz CT molecular complexity index is 222. The Kier molecular flexibility index (Phi) is 2.11. The van der Waals surface area contributed by atoms with E-state index < -0.39 is 0 Å². The van der Waals surface area contributed by atoms with E-state index >= 15 is 0 Å². The Labute approximate surface area is 69.3 Å². The van der Waals surface area contributed by atoms with Crippen LogP contribution >= 0.6 is 24.0 Å². The highest BCUT2D eigenvalue weighted by atomic mass is 32.2. The van der Waals surface area contributed by atoms with Gasteiger partial charge >= 0.3 is 0 Å². The van der Waals surface area contributed by atoms with E-state index in [1.54, 1.807) is 13.1 Å². The van der Waals surface area contributed by atoms with Crippen molar-refractivity contribution >= 4 is 34.2 Å². The quantitative estimate of drug-likeness (QED) is 0.408. The van der Waals surface area contributed by atoms with Crippen LogP contribution in [-0.4, -0.2) is 22.2 Å². The normalized spacial score (nSPS) is 23.0. The summed E-state index contributed by atoms with van der Waals surface area (Å²) < 4.78 is 0.637. The lowest BCUT2D eigenvalue weighted by Crippen LogP contribution is -2.22. The monoisotopic (exact) mass is 173 g/mol. The average molecular weight is 173 g/mol. The molecule has 0 aromatic rings. The first-order chi connectivity index (χ1) is 4.66. The van der Waals surface area contributed by atoms with Crippen molar-refractivity contribution in [3.63, 3.8) is 0 Å². The standard InChI is InChI=1S/C6H7NOS2/c1-3-4-5(8)7(2)6(9)10-4/h3H,1-2H3/b4-3+. The van der Waals surface area contributed by atoms with Crippen molar-refractivity contribution in [3.05, 3.63) is 11.0 Å². The summed E-state index contributed by atoms with van der Waals surface area (Å²) in [4.78, 5) is 13.3. The zero-order valence-corrected chi connectivity index (χ0v) is 7.38. The van der Waals surface area contributed by atoms with Crippen molar-refractivity contribution < 1.29 is 4.79 Å². The molecule has 0 aromatic heterocycles. The molecule has 1 aliphatic heterocycles. The molecule has 4 heteroatoms. The number of carbonyl (C=O) groups is 1. The van der Waals surface area contributed by atoms with Crippen LogP contribution < -0.4 is 0 Å². The summed E-state index contributed by atoms with van der Waals surface area (Å²) >= 11 is 6.24. The molecule has 2 nitrogen and oxygen atoms in total. The molecule has 0 N–H and O–H groups in total. The average Bonchev–Trinajstić information content (AvgIpc) is 2.17. The molecule has 1 rings (SSSR count). The molecule has 0 spiro atoms. The highest BCUT2D eigenvalue weighted by Gasteiger charge is 2.27. The van der Waals surface area contributed by atoms with Gasteiger partial charge in [0.1, 0.15) is 4.32 Å². The van der Waals surface area contributed by atoms with Gasteiger partial charge in [0.25, 0.3) is 5.91 Å². The molecule has 0 aliphatic carbocycles. The molecule has 1 aliphatic rings. The van der Waals surface area contributed by atoms with Crippen molar-refractivity contribution in [3.8, 4) is 0 Å². The number of likely N-dealkylation sites (N-methyl/N-ethyl adjacent to an activating group) is 1. The highest BCUT2D eigenvalue weighted by molar-refractivity contribution is 8.26. The van der Waals surface area contributed by atoms with Crippen LogP contribution in [0.1, 0.15) is 6.92 Å². The Morgan fingerprint density at radius 1 is 1.70 bits per heavy atom. The largest absolute Gasteiger partial charge is 0.296 e. The number of allylic oxidation sites excluding steroid dienone is 1. The van der Waals surface area contributed by atoms with Gasteiger partial charge in [-0.25, -0.2) is 0 Å². The number of thiocarbonyl (C=S) groups is 1. The van der Waals surface area contributed by atoms with Crippen LogP contribution in [0.25, 0.3) is 0 Å². The minimum Gasteiger partial charge on any atom is -0.296 e. The third-order valence-electron chi connectivity index (χ3n) is 1.25. The first-order valence-corrected chi connectivity index (χ1v) is 4.05. The third kappa shape index (κ3) is 1.09. The van der Waals surface area contributed by atoms with E-state index in [9.17, 15) is 4.79 Å². The molecule has 54 valence electrons. The molecule has 0 aromatic carbocycles. The second-order valence-corrected chi connectivity index (χ2v) is 3.56. The van der Waals surface area contributed by atoms with Gasteiger partial charge in [-0.15, -0.1) is 0 Å². The molecule has 10 heavy (non-hydrogen) atoms. The molecule has 1 saturated heterocycles. The Morgan fingerprint density at radius 2 is 2.30 bits per heavy atom. The minimum atomic E-state index is 0.0116. The van der Waals surface area contributed by atoms with E-state index in [1.807, 2.05) is 6.92 Å². The number of carbonyl (C=O) groups excluding carboxylic acids is 1. The van der Waals surface area contributed by atoms with Crippen molar-refractivity contribution in [1.82, 2.24) is 4.90 Å². The SMILES string of the molecule is C/C=C1/SC(=S)N(C)C1=O. The lowest BCUT2D eigenvalue weighted by Gasteiger charge is -2.02. The number of thioether (sulfide) groups is 1. The van der Waals surface area contributed by atoms with E-state index in [4.69, 9.17) is 12.2 Å². The number of rotatable bonds is 0. The molecule has 1 amide bonds. The minimum absolute atomic E-state index is 0.0116. The van der Waals surface area contributed by atoms with Crippen LogP contribution in [-0.2, 0) is 4.79 Å². The maximum atomic E-state index is 11.1. The van der Waals surface area contributed by atoms with Gasteiger partial charge in [-0.2, -0.15) is 0 Å². The van der Waals surface area contributed by atoms with Crippen LogP contribution in [0, 0.1) is 0 Å². The molecule has 1 heterocycles. The van der Waals surface area contributed by atoms with Gasteiger partial charge in [0.05, 0.1) is 4.91 Å². The lowest BCUT2D eigenvalue weighted by atomic mass is 10.5. The molecular formula is C6H7NOS2. The van der Waals surface area contributed by atoms with E-state index in [0.717, 1.165) is 4.91 Å². The number of hydrogen-bond donors (Lipinski definition) is 0. The van der Waals surface area contributed by atoms with Crippen molar-refractivity contribution in [2.24, 2.45) is 0 Å². The van der Waals surface area contributed by atoms with Gasteiger partial charge in [0, 0.05) is 7.05 Å².